The molecule has 0 aliphatic carbocycles. The summed E-state index contributed by atoms with van der Waals surface area (Å²) in [6, 6.07) is 15.3. The predicted octanol–water partition coefficient (Wildman–Crippen LogP) is 4.57. The number of pyridine rings is 1. The number of hydrogen-bond donors (Lipinski definition) is 3. The maximum Gasteiger partial charge on any atom is 0.335 e. The number of carbonyl (C=O) groups is 5. The smallest absolute Gasteiger partial charge is 0.335 e. The molecule has 1 atom stereocenters. The average Bonchev–Trinajstić information content (AvgIpc) is 3.14. The van der Waals surface area contributed by atoms with Gasteiger partial charge in [-0.3, -0.25) is 29.2 Å². The second kappa shape index (κ2) is 14.0. The summed E-state index contributed by atoms with van der Waals surface area (Å²) in [5.74, 6) is -3.84. The number of carbonyl (C=O) groups excluding carboxylic acids is 4. The van der Waals surface area contributed by atoms with Gasteiger partial charge in [0.05, 0.1) is 35.9 Å². The Balaban J connectivity index is 1.56. The maximum absolute atomic E-state index is 14.8. The number of carboxylic acids is 1. The van der Waals surface area contributed by atoms with E-state index in [1.54, 1.807) is 38.1 Å². The van der Waals surface area contributed by atoms with E-state index >= 15 is 0 Å². The Morgan fingerprint density at radius 2 is 1.73 bits per heavy atom. The van der Waals surface area contributed by atoms with Crippen LogP contribution in [0.25, 0.3) is 0 Å². The first-order valence-corrected chi connectivity index (χ1v) is 14.7. The molecule has 3 aromatic carbocycles. The van der Waals surface area contributed by atoms with E-state index < -0.39 is 48.1 Å². The van der Waals surface area contributed by atoms with Crippen molar-refractivity contribution >= 4 is 58.2 Å². The normalized spacial score (nSPS) is 14.2. The van der Waals surface area contributed by atoms with Crippen molar-refractivity contribution in [2.24, 2.45) is 0 Å². The Morgan fingerprint density at radius 1 is 0.979 bits per heavy atom. The summed E-state index contributed by atoms with van der Waals surface area (Å²) in [5, 5.41) is 14.1. The number of methoxy groups -OCH3 is 1. The van der Waals surface area contributed by atoms with E-state index in [-0.39, 0.29) is 34.4 Å². The fourth-order valence-electron chi connectivity index (χ4n) is 5.28. The Bertz CT molecular complexity index is 1870. The number of benzene rings is 3. The molecule has 0 saturated heterocycles. The number of urea groups is 1. The predicted molar refractivity (Wildman–Crippen MR) is 175 cm³/mol. The standard InChI is InChI=1S/C34H31FN6O7/c1-20(2)40(24-10-12-26(48-3)13-11-24)29(42)19-39-27-14-9-22(35)17-28(27)41(25-8-5-15-36-18-25)32(44)30(31(39)43)38-34(47)37-23-7-4-6-21(16-23)33(45)46/h4-18,20,30H,19H2,1-3H3,(H,45,46)(H2,37,38,47). The first kappa shape index (κ1) is 33.1. The molecule has 0 fully saturated rings. The number of carboxylic acid groups (broad SMARTS) is 1. The highest BCUT2D eigenvalue weighted by molar-refractivity contribution is 6.25. The van der Waals surface area contributed by atoms with Gasteiger partial charge in [-0.25, -0.2) is 14.0 Å². The zero-order valence-corrected chi connectivity index (χ0v) is 26.1. The topological polar surface area (TPSA) is 161 Å². The van der Waals surface area contributed by atoms with Crippen LogP contribution >= 0.6 is 0 Å². The van der Waals surface area contributed by atoms with Crippen molar-refractivity contribution in [2.45, 2.75) is 25.9 Å². The monoisotopic (exact) mass is 654 g/mol. The lowest BCUT2D eigenvalue weighted by molar-refractivity contribution is -0.129. The van der Waals surface area contributed by atoms with Gasteiger partial charge in [-0.05, 0) is 80.6 Å². The van der Waals surface area contributed by atoms with Crippen LogP contribution in [0.4, 0.5) is 37.6 Å². The lowest BCUT2D eigenvalue weighted by atomic mass is 10.2. The van der Waals surface area contributed by atoms with Gasteiger partial charge in [0.2, 0.25) is 5.91 Å². The van der Waals surface area contributed by atoms with E-state index in [9.17, 15) is 33.5 Å². The number of halogens is 1. The molecule has 0 radical (unpaired) electrons. The Kier molecular flexibility index (Phi) is 9.64. The van der Waals surface area contributed by atoms with Crippen molar-refractivity contribution in [1.29, 1.82) is 0 Å². The number of aromatic carboxylic acids is 1. The van der Waals surface area contributed by atoms with Crippen molar-refractivity contribution in [3.8, 4) is 5.75 Å². The molecule has 3 N–H and O–H groups in total. The van der Waals surface area contributed by atoms with Crippen LogP contribution in [-0.2, 0) is 14.4 Å². The summed E-state index contributed by atoms with van der Waals surface area (Å²) < 4.78 is 20.1. The number of fused-ring (bicyclic) bond motifs is 1. The lowest BCUT2D eigenvalue weighted by Crippen LogP contribution is -2.57. The van der Waals surface area contributed by atoms with Gasteiger partial charge in [0.25, 0.3) is 11.8 Å². The summed E-state index contributed by atoms with van der Waals surface area (Å²) in [4.78, 5) is 74.8. The molecule has 0 saturated carbocycles. The first-order valence-electron chi connectivity index (χ1n) is 14.7. The molecule has 13 nitrogen and oxygen atoms in total. The molecule has 0 spiro atoms. The fraction of sp³-hybridized carbons (Fsp3) is 0.176. The average molecular weight is 655 g/mol. The number of amides is 5. The summed E-state index contributed by atoms with van der Waals surface area (Å²) in [6.07, 6.45) is 2.79. The number of nitrogens with one attached hydrogen (secondary N) is 2. The number of rotatable bonds is 9. The van der Waals surface area contributed by atoms with E-state index in [0.717, 1.165) is 21.9 Å². The molecule has 246 valence electrons. The van der Waals surface area contributed by atoms with Crippen molar-refractivity contribution in [3.63, 3.8) is 0 Å². The van der Waals surface area contributed by atoms with Crippen molar-refractivity contribution < 1.29 is 38.2 Å². The summed E-state index contributed by atoms with van der Waals surface area (Å²) in [6.45, 7) is 2.99. The largest absolute Gasteiger partial charge is 0.497 e. The van der Waals surface area contributed by atoms with Gasteiger partial charge >= 0.3 is 12.0 Å². The highest BCUT2D eigenvalue weighted by Gasteiger charge is 2.43. The highest BCUT2D eigenvalue weighted by atomic mass is 19.1. The Labute approximate surface area is 274 Å². The van der Waals surface area contributed by atoms with Crippen molar-refractivity contribution in [1.82, 2.24) is 10.3 Å². The molecule has 1 unspecified atom stereocenters. The van der Waals surface area contributed by atoms with Crippen LogP contribution in [0.3, 0.4) is 0 Å². The van der Waals surface area contributed by atoms with Gasteiger partial charge in [-0.1, -0.05) is 6.07 Å². The van der Waals surface area contributed by atoms with Gasteiger partial charge in [0.15, 0.2) is 6.04 Å². The number of nitrogens with zero attached hydrogens (tertiary/aromatic N) is 4. The van der Waals surface area contributed by atoms with Gasteiger partial charge in [-0.15, -0.1) is 0 Å². The molecular formula is C34H31FN6O7. The minimum absolute atomic E-state index is 0.0317. The van der Waals surface area contributed by atoms with Crippen LogP contribution < -0.4 is 30.1 Å². The molecule has 14 heteroatoms. The molecule has 48 heavy (non-hydrogen) atoms. The molecule has 1 aliphatic rings. The van der Waals surface area contributed by atoms with Gasteiger partial charge in [0, 0.05) is 29.7 Å². The van der Waals surface area contributed by atoms with Crippen molar-refractivity contribution in [2.75, 3.05) is 33.7 Å². The number of hydrogen-bond acceptors (Lipinski definition) is 7. The van der Waals surface area contributed by atoms with Gasteiger partial charge < -0.3 is 25.4 Å². The second-order valence-electron chi connectivity index (χ2n) is 10.9. The zero-order chi connectivity index (χ0) is 34.5. The van der Waals surface area contributed by atoms with E-state index in [2.05, 4.69) is 15.6 Å². The van der Waals surface area contributed by atoms with Crippen LogP contribution in [0.5, 0.6) is 5.75 Å². The van der Waals surface area contributed by atoms with Gasteiger partial charge in [0.1, 0.15) is 18.1 Å². The third-order valence-electron chi connectivity index (χ3n) is 7.43. The molecule has 2 heterocycles. The van der Waals surface area contributed by atoms with E-state index in [1.165, 1.54) is 66.9 Å². The highest BCUT2D eigenvalue weighted by Crippen LogP contribution is 2.38. The van der Waals surface area contributed by atoms with Crippen LogP contribution in [0.15, 0.2) is 91.3 Å². The SMILES string of the molecule is COc1ccc(N(C(=O)CN2C(=O)C(NC(=O)Nc3cccc(C(=O)O)c3)C(=O)N(c3cccnc3)c3cc(F)ccc32)C(C)C)cc1. The molecule has 1 aliphatic heterocycles. The minimum atomic E-state index is -1.91. The molecule has 1 aromatic heterocycles. The minimum Gasteiger partial charge on any atom is -0.497 e. The number of ether oxygens (including phenoxy) is 1. The van der Waals surface area contributed by atoms with Crippen LogP contribution in [0, 0.1) is 5.82 Å². The fourth-order valence-corrected chi connectivity index (χ4v) is 5.28. The summed E-state index contributed by atoms with van der Waals surface area (Å²) in [5.41, 5.74) is 0.625. The third kappa shape index (κ3) is 6.92. The van der Waals surface area contributed by atoms with Crippen molar-refractivity contribution in [3.05, 3.63) is 103 Å². The third-order valence-corrected chi connectivity index (χ3v) is 7.43. The molecule has 0 bridgehead atoms. The van der Waals surface area contributed by atoms with Crippen LogP contribution in [0.2, 0.25) is 0 Å². The zero-order valence-electron chi connectivity index (χ0n) is 26.1. The second-order valence-corrected chi connectivity index (χ2v) is 10.9. The molecule has 4 aromatic rings. The Morgan fingerprint density at radius 3 is 2.38 bits per heavy atom. The van der Waals surface area contributed by atoms with Gasteiger partial charge in [-0.2, -0.15) is 0 Å². The first-order chi connectivity index (χ1) is 23.0. The molecular weight excluding hydrogens is 623 g/mol. The van der Waals surface area contributed by atoms with Crippen LogP contribution in [-0.4, -0.2) is 65.6 Å². The summed E-state index contributed by atoms with van der Waals surface area (Å²) in [7, 11) is 1.51. The Hall–Kier alpha value is -6.31. The van der Waals surface area contributed by atoms with Crippen LogP contribution in [0.1, 0.15) is 24.2 Å². The number of anilines is 5. The number of aromatic nitrogens is 1. The maximum atomic E-state index is 14.8. The molecule has 5 amide bonds. The van der Waals surface area contributed by atoms with E-state index in [0.29, 0.717) is 11.4 Å². The lowest BCUT2D eigenvalue weighted by Gasteiger charge is -2.31. The van der Waals surface area contributed by atoms with E-state index in [1.807, 2.05) is 0 Å². The van der Waals surface area contributed by atoms with E-state index in [4.69, 9.17) is 4.74 Å². The summed E-state index contributed by atoms with van der Waals surface area (Å²) >= 11 is 0. The molecule has 5 rings (SSSR count). The quantitative estimate of drug-likeness (QED) is 0.221.